The van der Waals surface area contributed by atoms with E-state index in [1.165, 1.54) is 36.7 Å². The molecule has 4 rings (SSSR count). The monoisotopic (exact) mass is 912 g/mol. The van der Waals surface area contributed by atoms with Crippen molar-refractivity contribution in [1.82, 2.24) is 9.13 Å². The van der Waals surface area contributed by atoms with Crippen LogP contribution < -0.4 is 10.9 Å². The van der Waals surface area contributed by atoms with Gasteiger partial charge in [-0.2, -0.15) is 0 Å². The minimum Gasteiger partial charge on any atom is -0.462 e. The van der Waals surface area contributed by atoms with Crippen LogP contribution in [-0.4, -0.2) is 60.9 Å². The highest BCUT2D eigenvalue weighted by Gasteiger charge is 2.38. The van der Waals surface area contributed by atoms with Gasteiger partial charge in [0.05, 0.1) is 58.5 Å². The molecule has 2 aromatic carbocycles. The van der Waals surface area contributed by atoms with Crippen LogP contribution in [0.25, 0.3) is 21.8 Å². The van der Waals surface area contributed by atoms with Crippen molar-refractivity contribution >= 4 is 73.9 Å². The van der Waals surface area contributed by atoms with Gasteiger partial charge in [0.2, 0.25) is 10.9 Å². The number of ether oxygens (including phenoxy) is 2. The third kappa shape index (κ3) is 10.4. The molecule has 2 heterocycles. The van der Waals surface area contributed by atoms with Gasteiger partial charge in [0, 0.05) is 23.2 Å². The number of carbonyl (C=O) groups is 2. The smallest absolute Gasteiger partial charge is 0.343 e. The molecule has 0 aliphatic carbocycles. The zero-order valence-electron chi connectivity index (χ0n) is 33.3. The maximum atomic E-state index is 14.5. The molecule has 0 saturated carbocycles. The van der Waals surface area contributed by atoms with Crippen LogP contribution >= 0.6 is 31.9 Å². The largest absolute Gasteiger partial charge is 0.462 e. The van der Waals surface area contributed by atoms with Gasteiger partial charge >= 0.3 is 11.9 Å². The van der Waals surface area contributed by atoms with Crippen molar-refractivity contribution in [2.75, 3.05) is 26.4 Å². The number of aliphatic hydroxyl groups excluding tert-OH is 1. The Morgan fingerprint density at radius 1 is 0.764 bits per heavy atom. The molecule has 2 aromatic heterocycles. The summed E-state index contributed by atoms with van der Waals surface area (Å²) >= 11 is 6.22. The normalized spacial score (nSPS) is 13.2. The number of fused-ring (bicyclic) bond motifs is 2. The minimum atomic E-state index is -2.04. The summed E-state index contributed by atoms with van der Waals surface area (Å²) in [6, 6.07) is 4.71. The summed E-state index contributed by atoms with van der Waals surface area (Å²) in [4.78, 5) is 50.3. The highest BCUT2D eigenvalue weighted by Crippen LogP contribution is 2.38. The highest BCUT2D eigenvalue weighted by molar-refractivity contribution is 9.10. The van der Waals surface area contributed by atoms with Crippen LogP contribution in [-0.2, 0) is 13.9 Å². The van der Waals surface area contributed by atoms with E-state index in [1.807, 2.05) is 27.7 Å². The number of hydrogen-bond donors (Lipinski definition) is 1. The van der Waals surface area contributed by atoms with Gasteiger partial charge in [-0.1, -0.05) is 48.5 Å². The summed E-state index contributed by atoms with van der Waals surface area (Å²) in [7, 11) is -2.04. The van der Waals surface area contributed by atoms with E-state index < -0.39 is 48.8 Å². The Labute approximate surface area is 338 Å². The van der Waals surface area contributed by atoms with Gasteiger partial charge in [-0.15, -0.1) is 0 Å². The van der Waals surface area contributed by atoms with Gasteiger partial charge in [-0.3, -0.25) is 9.59 Å². The van der Waals surface area contributed by atoms with E-state index in [0.717, 1.165) is 0 Å². The molecule has 4 aromatic rings. The van der Waals surface area contributed by atoms with Gasteiger partial charge in [-0.05, 0) is 99.9 Å². The van der Waals surface area contributed by atoms with E-state index >= 15 is 0 Å². The summed E-state index contributed by atoms with van der Waals surface area (Å²) in [6.45, 7) is 22.5. The summed E-state index contributed by atoms with van der Waals surface area (Å²) in [5.41, 5.74) is -0.454. The third-order valence-corrected chi connectivity index (χ3v) is 15.7. The highest BCUT2D eigenvalue weighted by atomic mass is 79.9. The zero-order valence-corrected chi connectivity index (χ0v) is 37.5. The molecule has 0 unspecified atom stereocenters. The number of aliphatic hydroxyl groups is 1. The predicted molar refractivity (Wildman–Crippen MR) is 222 cm³/mol. The van der Waals surface area contributed by atoms with Crippen LogP contribution in [0.4, 0.5) is 8.78 Å². The first-order valence-corrected chi connectivity index (χ1v) is 22.7. The summed E-state index contributed by atoms with van der Waals surface area (Å²) in [5.74, 6) is -2.31. The number of esters is 2. The topological polar surface area (TPSA) is 126 Å². The minimum absolute atomic E-state index is 0.00227. The van der Waals surface area contributed by atoms with Gasteiger partial charge < -0.3 is 28.1 Å². The van der Waals surface area contributed by atoms with Gasteiger partial charge in [0.1, 0.15) is 22.8 Å². The molecule has 55 heavy (non-hydrogen) atoms. The average molecular weight is 915 g/mol. The lowest BCUT2D eigenvalue weighted by atomic mass is 10.0. The number of halogens is 4. The van der Waals surface area contributed by atoms with Crippen LogP contribution in [0, 0.1) is 23.5 Å². The van der Waals surface area contributed by atoms with Gasteiger partial charge in [-0.25, -0.2) is 18.4 Å². The lowest BCUT2D eigenvalue weighted by molar-refractivity contribution is 0.0514. The fourth-order valence-electron chi connectivity index (χ4n) is 5.67. The second-order valence-electron chi connectivity index (χ2n) is 15.4. The van der Waals surface area contributed by atoms with Crippen LogP contribution in [0.5, 0.6) is 0 Å². The molecule has 0 aliphatic rings. The first-order valence-electron chi connectivity index (χ1n) is 18.2. The summed E-state index contributed by atoms with van der Waals surface area (Å²) in [6.07, 6.45) is 2.84. The Morgan fingerprint density at radius 2 is 1.15 bits per heavy atom. The van der Waals surface area contributed by atoms with E-state index in [4.69, 9.17) is 13.9 Å². The first kappa shape index (κ1) is 46.1. The predicted octanol–water partition coefficient (Wildman–Crippen LogP) is 9.57. The van der Waals surface area contributed by atoms with Crippen molar-refractivity contribution in [3.8, 4) is 0 Å². The lowest BCUT2D eigenvalue weighted by Gasteiger charge is -2.38. The maximum Gasteiger partial charge on any atom is 0.343 e. The van der Waals surface area contributed by atoms with Crippen molar-refractivity contribution in [1.29, 1.82) is 0 Å². The molecular weight excluding hydrogens is 862 g/mol. The molecule has 2 atom stereocenters. The Kier molecular flexibility index (Phi) is 15.8. The number of rotatable bonds is 12. The number of carbonyl (C=O) groups excluding carboxylic acids is 2. The Hall–Kier alpha value is -3.24. The van der Waals surface area contributed by atoms with Crippen molar-refractivity contribution in [3.05, 3.63) is 88.8 Å². The Balaban J connectivity index is 0.000000305. The second kappa shape index (κ2) is 18.8. The molecule has 0 fully saturated rings. The molecule has 302 valence electrons. The van der Waals surface area contributed by atoms with Gasteiger partial charge in [0.25, 0.3) is 0 Å². The lowest BCUT2D eigenvalue weighted by Crippen LogP contribution is -2.42. The molecule has 0 aliphatic heterocycles. The molecule has 0 amide bonds. The molecular formula is C40H52Br2F2N2O8Si. The fourth-order valence-corrected chi connectivity index (χ4v) is 7.38. The van der Waals surface area contributed by atoms with Gasteiger partial charge in [0.15, 0.2) is 8.32 Å². The van der Waals surface area contributed by atoms with E-state index in [2.05, 4.69) is 65.7 Å². The van der Waals surface area contributed by atoms with Crippen LogP contribution in [0.3, 0.4) is 0 Å². The van der Waals surface area contributed by atoms with E-state index in [0.29, 0.717) is 17.6 Å². The fraction of sp³-hybridized carbons (Fsp3) is 0.500. The first-order chi connectivity index (χ1) is 25.5. The average Bonchev–Trinajstić information content (AvgIpc) is 3.08. The number of benzene rings is 2. The SMILES string of the molecule is CCOC(=O)c1cn([C@H](CO)C(C)C)c2cc(F)c(Br)cc2c1=O.CCOC(=O)c1cn([C@H](CO[Si](C)(C)C(C)(C)C)C(C)C)c2cc(F)c(Br)cc2c1=O. The van der Waals surface area contributed by atoms with E-state index in [1.54, 1.807) is 23.0 Å². The molecule has 0 saturated heterocycles. The number of aromatic nitrogens is 2. The Morgan fingerprint density at radius 3 is 1.47 bits per heavy atom. The summed E-state index contributed by atoms with van der Waals surface area (Å²) < 4.78 is 48.6. The molecule has 0 spiro atoms. The molecule has 0 radical (unpaired) electrons. The summed E-state index contributed by atoms with van der Waals surface area (Å²) in [5, 5.41) is 10.2. The molecule has 0 bridgehead atoms. The maximum absolute atomic E-state index is 14.5. The van der Waals surface area contributed by atoms with Crippen molar-refractivity contribution < 1.29 is 37.4 Å². The van der Waals surface area contributed by atoms with Crippen LogP contribution in [0.15, 0.2) is 55.2 Å². The van der Waals surface area contributed by atoms with Crippen LogP contribution in [0.1, 0.15) is 95.1 Å². The van der Waals surface area contributed by atoms with E-state index in [9.17, 15) is 33.1 Å². The van der Waals surface area contributed by atoms with Crippen LogP contribution in [0.2, 0.25) is 18.1 Å². The quantitative estimate of drug-likeness (QED) is 0.110. The molecule has 1 N–H and O–H groups in total. The third-order valence-electron chi connectivity index (χ3n) is 10.0. The number of pyridine rings is 2. The number of nitrogens with zero attached hydrogens (tertiary/aromatic N) is 2. The standard InChI is InChI=1S/C23H33BrFNO4Si.C17H19BrFNO4/c1-9-29-22(28)16-12-26(19-11-18(25)17(24)10-15(19)21(16)27)20(14(2)3)13-30-31(7,8)23(4,5)6;1-4-24-17(23)11-7-20(15(8-21)9(2)3)14-6-13(19)12(18)5-10(14)16(11)22/h10-12,14,20H,9,13H2,1-8H3;5-7,9,15,21H,4,8H2,1-3H3/t20-;15-/m11/s1. The van der Waals surface area contributed by atoms with Crippen molar-refractivity contribution in [3.63, 3.8) is 0 Å². The zero-order chi connectivity index (χ0) is 41.7. The second-order valence-corrected chi connectivity index (χ2v) is 22.0. The van der Waals surface area contributed by atoms with Crippen molar-refractivity contribution in [2.45, 2.75) is 92.5 Å². The van der Waals surface area contributed by atoms with Crippen molar-refractivity contribution in [2.24, 2.45) is 11.8 Å². The molecule has 10 nitrogen and oxygen atoms in total. The Bertz CT molecular complexity index is 2160. The molecule has 15 heteroatoms. The number of hydrogen-bond acceptors (Lipinski definition) is 8. The van der Waals surface area contributed by atoms with E-state index in [-0.39, 0.29) is 73.6 Å².